The average molecular weight is 308 g/mol. The van der Waals surface area contributed by atoms with Crippen LogP contribution in [-0.2, 0) is 0 Å². The van der Waals surface area contributed by atoms with Crippen molar-refractivity contribution < 1.29 is 4.42 Å². The van der Waals surface area contributed by atoms with Crippen molar-refractivity contribution in [2.45, 2.75) is 26.3 Å². The fourth-order valence-corrected chi connectivity index (χ4v) is 2.22. The predicted molar refractivity (Wildman–Crippen MR) is 77.7 cm³/mol. The molecule has 2 rings (SSSR count). The van der Waals surface area contributed by atoms with Crippen LogP contribution in [0, 0.1) is 6.92 Å². The van der Waals surface area contributed by atoms with Gasteiger partial charge in [-0.1, -0.05) is 35.0 Å². The summed E-state index contributed by atoms with van der Waals surface area (Å²) >= 11 is 3.54. The lowest BCUT2D eigenvalue weighted by Crippen LogP contribution is -2.22. The molecular formula is C15H18BrNO. The van der Waals surface area contributed by atoms with Crippen LogP contribution in [0.2, 0.25) is 0 Å². The minimum Gasteiger partial charge on any atom is -0.467 e. The summed E-state index contributed by atoms with van der Waals surface area (Å²) in [6.07, 6.45) is 2.83. The van der Waals surface area contributed by atoms with Crippen LogP contribution < -0.4 is 5.32 Å². The zero-order valence-corrected chi connectivity index (χ0v) is 12.3. The Balaban J connectivity index is 2.30. The molecule has 0 fully saturated rings. The molecule has 0 spiro atoms. The summed E-state index contributed by atoms with van der Waals surface area (Å²) in [6, 6.07) is 10.5. The Hall–Kier alpha value is -1.06. The van der Waals surface area contributed by atoms with E-state index >= 15 is 0 Å². The highest BCUT2D eigenvalue weighted by Gasteiger charge is 2.16. The third-order valence-corrected chi connectivity index (χ3v) is 3.83. The van der Waals surface area contributed by atoms with E-state index in [1.54, 1.807) is 6.26 Å². The number of hydrogen-bond acceptors (Lipinski definition) is 2. The van der Waals surface area contributed by atoms with Gasteiger partial charge in [-0.05, 0) is 49.2 Å². The van der Waals surface area contributed by atoms with Crippen molar-refractivity contribution in [1.82, 2.24) is 5.32 Å². The van der Waals surface area contributed by atoms with Crippen LogP contribution in [0.4, 0.5) is 0 Å². The van der Waals surface area contributed by atoms with E-state index in [1.165, 1.54) is 11.1 Å². The molecule has 0 bridgehead atoms. The smallest absolute Gasteiger partial charge is 0.125 e. The van der Waals surface area contributed by atoms with Gasteiger partial charge in [0.25, 0.3) is 0 Å². The standard InChI is InChI=1S/C15H18BrNO/c1-3-8-17-15(14-5-4-9-18-14)12-6-7-13(16)11(2)10-12/h4-7,9-10,15,17H,3,8H2,1-2H3. The summed E-state index contributed by atoms with van der Waals surface area (Å²) in [4.78, 5) is 0. The van der Waals surface area contributed by atoms with Crippen molar-refractivity contribution >= 4 is 15.9 Å². The van der Waals surface area contributed by atoms with Crippen molar-refractivity contribution in [2.75, 3.05) is 6.54 Å². The van der Waals surface area contributed by atoms with Gasteiger partial charge in [-0.25, -0.2) is 0 Å². The molecule has 0 saturated heterocycles. The third kappa shape index (κ3) is 3.03. The van der Waals surface area contributed by atoms with Gasteiger partial charge in [-0.15, -0.1) is 0 Å². The van der Waals surface area contributed by atoms with Gasteiger partial charge in [-0.3, -0.25) is 0 Å². The van der Waals surface area contributed by atoms with Crippen LogP contribution >= 0.6 is 15.9 Å². The number of furan rings is 1. The fraction of sp³-hybridized carbons (Fsp3) is 0.333. The van der Waals surface area contributed by atoms with Gasteiger partial charge in [-0.2, -0.15) is 0 Å². The molecule has 1 unspecified atom stereocenters. The number of halogens is 1. The molecule has 0 radical (unpaired) electrons. The summed E-state index contributed by atoms with van der Waals surface area (Å²) in [5.74, 6) is 0.963. The maximum Gasteiger partial charge on any atom is 0.125 e. The van der Waals surface area contributed by atoms with E-state index in [0.29, 0.717) is 0 Å². The molecule has 0 aliphatic carbocycles. The molecule has 1 heterocycles. The first-order valence-electron chi connectivity index (χ1n) is 6.25. The molecule has 0 amide bonds. The van der Waals surface area contributed by atoms with Gasteiger partial charge in [0.2, 0.25) is 0 Å². The largest absolute Gasteiger partial charge is 0.467 e. The van der Waals surface area contributed by atoms with Crippen molar-refractivity contribution in [2.24, 2.45) is 0 Å². The molecule has 2 nitrogen and oxygen atoms in total. The molecule has 3 heteroatoms. The van der Waals surface area contributed by atoms with E-state index in [1.807, 2.05) is 12.1 Å². The Labute approximate surface area is 117 Å². The van der Waals surface area contributed by atoms with Gasteiger partial charge in [0.1, 0.15) is 5.76 Å². The van der Waals surface area contributed by atoms with Crippen LogP contribution in [0.5, 0.6) is 0 Å². The second-order valence-electron chi connectivity index (χ2n) is 4.41. The molecule has 1 atom stereocenters. The summed E-state index contributed by atoms with van der Waals surface area (Å²) in [5.41, 5.74) is 2.47. The summed E-state index contributed by atoms with van der Waals surface area (Å²) in [5, 5.41) is 3.53. The van der Waals surface area contributed by atoms with Gasteiger partial charge in [0.05, 0.1) is 12.3 Å². The van der Waals surface area contributed by atoms with E-state index < -0.39 is 0 Å². The van der Waals surface area contributed by atoms with Crippen molar-refractivity contribution in [1.29, 1.82) is 0 Å². The third-order valence-electron chi connectivity index (χ3n) is 2.94. The first-order valence-corrected chi connectivity index (χ1v) is 7.04. The molecule has 1 N–H and O–H groups in total. The van der Waals surface area contributed by atoms with Gasteiger partial charge in [0.15, 0.2) is 0 Å². The molecule has 18 heavy (non-hydrogen) atoms. The fourth-order valence-electron chi connectivity index (χ4n) is 1.97. The van der Waals surface area contributed by atoms with E-state index in [-0.39, 0.29) is 6.04 Å². The summed E-state index contributed by atoms with van der Waals surface area (Å²) in [7, 11) is 0. The molecular weight excluding hydrogens is 290 g/mol. The quantitative estimate of drug-likeness (QED) is 0.883. The van der Waals surface area contributed by atoms with Crippen molar-refractivity contribution in [3.8, 4) is 0 Å². The van der Waals surface area contributed by atoms with E-state index in [9.17, 15) is 0 Å². The molecule has 2 aromatic rings. The summed E-state index contributed by atoms with van der Waals surface area (Å²) in [6.45, 7) is 5.24. The number of aryl methyl sites for hydroxylation is 1. The maximum absolute atomic E-state index is 5.54. The SMILES string of the molecule is CCCNC(c1ccc(Br)c(C)c1)c1ccco1. The van der Waals surface area contributed by atoms with Crippen LogP contribution in [0.1, 0.15) is 36.3 Å². The second-order valence-corrected chi connectivity index (χ2v) is 5.27. The highest BCUT2D eigenvalue weighted by atomic mass is 79.9. The average Bonchev–Trinajstić information content (AvgIpc) is 2.88. The highest BCUT2D eigenvalue weighted by molar-refractivity contribution is 9.10. The first-order chi connectivity index (χ1) is 8.72. The van der Waals surface area contributed by atoms with Gasteiger partial charge >= 0.3 is 0 Å². The lowest BCUT2D eigenvalue weighted by Gasteiger charge is -2.17. The highest BCUT2D eigenvalue weighted by Crippen LogP contribution is 2.26. The lowest BCUT2D eigenvalue weighted by atomic mass is 10.0. The minimum atomic E-state index is 0.131. The number of rotatable bonds is 5. The monoisotopic (exact) mass is 307 g/mol. The first kappa shape index (κ1) is 13.4. The van der Waals surface area contributed by atoms with E-state index in [4.69, 9.17) is 4.42 Å². The number of hydrogen-bond donors (Lipinski definition) is 1. The zero-order valence-electron chi connectivity index (χ0n) is 10.7. The van der Waals surface area contributed by atoms with Crippen LogP contribution in [-0.4, -0.2) is 6.54 Å². The zero-order chi connectivity index (χ0) is 13.0. The van der Waals surface area contributed by atoms with Crippen LogP contribution in [0.3, 0.4) is 0 Å². The Bertz CT molecular complexity index is 493. The van der Waals surface area contributed by atoms with Crippen LogP contribution in [0.15, 0.2) is 45.5 Å². The maximum atomic E-state index is 5.54. The number of nitrogens with one attached hydrogen (secondary N) is 1. The normalized spacial score (nSPS) is 12.6. The van der Waals surface area contributed by atoms with E-state index in [2.05, 4.69) is 53.3 Å². The van der Waals surface area contributed by atoms with Gasteiger partial charge in [0, 0.05) is 4.47 Å². The van der Waals surface area contributed by atoms with Crippen LogP contribution in [0.25, 0.3) is 0 Å². The minimum absolute atomic E-state index is 0.131. The molecule has 0 aliphatic rings. The Morgan fingerprint density at radius 2 is 2.17 bits per heavy atom. The molecule has 1 aromatic carbocycles. The molecule has 1 aromatic heterocycles. The molecule has 0 aliphatic heterocycles. The van der Waals surface area contributed by atoms with Crippen molar-refractivity contribution in [3.63, 3.8) is 0 Å². The molecule has 0 saturated carbocycles. The van der Waals surface area contributed by atoms with Crippen molar-refractivity contribution in [3.05, 3.63) is 58.0 Å². The lowest BCUT2D eigenvalue weighted by molar-refractivity contribution is 0.446. The van der Waals surface area contributed by atoms with Gasteiger partial charge < -0.3 is 9.73 Å². The Morgan fingerprint density at radius 3 is 2.78 bits per heavy atom. The predicted octanol–water partition coefficient (Wildman–Crippen LogP) is 4.44. The Morgan fingerprint density at radius 1 is 1.33 bits per heavy atom. The Kier molecular flexibility index (Phi) is 4.61. The van der Waals surface area contributed by atoms with E-state index in [0.717, 1.165) is 23.2 Å². The number of benzene rings is 1. The topological polar surface area (TPSA) is 25.2 Å². The second kappa shape index (κ2) is 6.21. The molecule has 96 valence electrons. The summed E-state index contributed by atoms with van der Waals surface area (Å²) < 4.78 is 6.68.